The molecule has 0 radical (unpaired) electrons. The Morgan fingerprint density at radius 3 is 2.62 bits per heavy atom. The van der Waals surface area contributed by atoms with E-state index in [4.69, 9.17) is 14.6 Å². The highest BCUT2D eigenvalue weighted by Gasteiger charge is 2.64. The van der Waals surface area contributed by atoms with Crippen LogP contribution in [0.2, 0.25) is 0 Å². The summed E-state index contributed by atoms with van der Waals surface area (Å²) in [6.07, 6.45) is 6.49. The summed E-state index contributed by atoms with van der Waals surface area (Å²) in [5.74, 6) is 6.85. The molecule has 1 aliphatic heterocycles. The van der Waals surface area contributed by atoms with Crippen LogP contribution in [-0.2, 0) is 9.47 Å². The lowest BCUT2D eigenvalue weighted by Gasteiger charge is -2.48. The number of hydrogen-bond acceptors (Lipinski definition) is 4. The Morgan fingerprint density at radius 1 is 1.10 bits per heavy atom. The van der Waals surface area contributed by atoms with E-state index in [0.717, 1.165) is 44.9 Å². The maximum atomic E-state index is 10.4. The molecule has 4 nitrogen and oxygen atoms in total. The number of fused-ring (bicyclic) bond motifs is 2. The number of unbranched alkanes of at least 4 members (excludes halogenated alkanes) is 4. The molecule has 2 unspecified atom stereocenters. The third kappa shape index (κ3) is 2.98. The maximum Gasteiger partial charge on any atom is 0.172 e. The van der Waals surface area contributed by atoms with Gasteiger partial charge in [-0.05, 0) is 25.2 Å². The first kappa shape index (κ1) is 15.3. The Balaban J connectivity index is 1.43. The minimum absolute atomic E-state index is 0.0876. The summed E-state index contributed by atoms with van der Waals surface area (Å²) >= 11 is 0. The third-order valence-electron chi connectivity index (χ3n) is 5.23. The van der Waals surface area contributed by atoms with Gasteiger partial charge in [-0.1, -0.05) is 18.8 Å². The van der Waals surface area contributed by atoms with E-state index < -0.39 is 0 Å². The van der Waals surface area contributed by atoms with Crippen molar-refractivity contribution in [3.63, 3.8) is 0 Å². The van der Waals surface area contributed by atoms with Gasteiger partial charge in [0.05, 0.1) is 19.3 Å². The molecular weight excluding hydrogens is 268 g/mol. The van der Waals surface area contributed by atoms with Crippen molar-refractivity contribution in [2.75, 3.05) is 19.8 Å². The summed E-state index contributed by atoms with van der Waals surface area (Å²) in [4.78, 5) is 0. The summed E-state index contributed by atoms with van der Waals surface area (Å²) in [7, 11) is 0. The van der Waals surface area contributed by atoms with Gasteiger partial charge < -0.3 is 19.7 Å². The average molecular weight is 294 g/mol. The summed E-state index contributed by atoms with van der Waals surface area (Å²) in [5.41, 5.74) is 0. The molecule has 0 aromatic carbocycles. The fourth-order valence-electron chi connectivity index (χ4n) is 4.04. The van der Waals surface area contributed by atoms with Crippen LogP contribution < -0.4 is 0 Å². The van der Waals surface area contributed by atoms with Crippen LogP contribution in [0.4, 0.5) is 0 Å². The normalized spacial score (nSPS) is 36.1. The number of aliphatic hydroxyl groups excluding tert-OH is 2. The standard InChI is InChI=1S/C17H26O4/c18-8-6-4-2-1-3-5-7-13-11-15-14(16(13)19)12-17(15)20-9-10-21-17/h13-16,18-19H,1-4,6,8-12H2/t13-,14?,15?,16+/m0/s1. The third-order valence-corrected chi connectivity index (χ3v) is 5.23. The first-order chi connectivity index (χ1) is 10.3. The van der Waals surface area contributed by atoms with Crippen molar-refractivity contribution < 1.29 is 19.7 Å². The van der Waals surface area contributed by atoms with Crippen LogP contribution in [-0.4, -0.2) is 41.9 Å². The molecule has 1 saturated heterocycles. The lowest BCUT2D eigenvalue weighted by Crippen LogP contribution is -2.54. The van der Waals surface area contributed by atoms with Crippen LogP contribution in [0, 0.1) is 29.6 Å². The van der Waals surface area contributed by atoms with E-state index in [1.54, 1.807) is 0 Å². The molecule has 2 aliphatic carbocycles. The molecule has 0 amide bonds. The first-order valence-electron chi connectivity index (χ1n) is 8.32. The summed E-state index contributed by atoms with van der Waals surface area (Å²) < 4.78 is 11.5. The largest absolute Gasteiger partial charge is 0.396 e. The van der Waals surface area contributed by atoms with Crippen molar-refractivity contribution in [3.05, 3.63) is 0 Å². The molecule has 1 spiro atoms. The molecule has 118 valence electrons. The van der Waals surface area contributed by atoms with Gasteiger partial charge >= 0.3 is 0 Å². The van der Waals surface area contributed by atoms with Crippen molar-refractivity contribution in [1.82, 2.24) is 0 Å². The van der Waals surface area contributed by atoms with E-state index in [1.807, 2.05) is 0 Å². The SMILES string of the molecule is OCCCCCCC#C[C@H]1CC2C(CC23OCCO3)[C@@H]1O. The highest BCUT2D eigenvalue weighted by Crippen LogP contribution is 2.58. The smallest absolute Gasteiger partial charge is 0.172 e. The Bertz CT molecular complexity index is 405. The van der Waals surface area contributed by atoms with E-state index in [2.05, 4.69) is 11.8 Å². The van der Waals surface area contributed by atoms with Gasteiger partial charge in [-0.2, -0.15) is 0 Å². The van der Waals surface area contributed by atoms with E-state index in [-0.39, 0.29) is 24.4 Å². The molecule has 0 aromatic rings. The number of rotatable bonds is 5. The van der Waals surface area contributed by atoms with E-state index in [9.17, 15) is 5.11 Å². The maximum absolute atomic E-state index is 10.4. The van der Waals surface area contributed by atoms with Gasteiger partial charge in [-0.25, -0.2) is 0 Å². The van der Waals surface area contributed by atoms with Crippen molar-refractivity contribution in [1.29, 1.82) is 0 Å². The van der Waals surface area contributed by atoms with E-state index in [0.29, 0.717) is 25.0 Å². The Kier molecular flexibility index (Phi) is 4.85. The van der Waals surface area contributed by atoms with Crippen LogP contribution in [0.25, 0.3) is 0 Å². The van der Waals surface area contributed by atoms with Gasteiger partial charge in [0.2, 0.25) is 0 Å². The highest BCUT2D eigenvalue weighted by atomic mass is 16.7. The summed E-state index contributed by atoms with van der Waals surface area (Å²) in [6.45, 7) is 1.65. The van der Waals surface area contributed by atoms with Gasteiger partial charge in [-0.3, -0.25) is 0 Å². The predicted molar refractivity (Wildman–Crippen MR) is 78.3 cm³/mol. The summed E-state index contributed by atoms with van der Waals surface area (Å²) in [5, 5.41) is 19.1. The zero-order valence-corrected chi connectivity index (χ0v) is 12.6. The lowest BCUT2D eigenvalue weighted by molar-refractivity contribution is -0.275. The molecule has 1 heterocycles. The minimum Gasteiger partial charge on any atom is -0.396 e. The Morgan fingerprint density at radius 2 is 1.86 bits per heavy atom. The fourth-order valence-corrected chi connectivity index (χ4v) is 4.04. The second kappa shape index (κ2) is 6.66. The van der Waals surface area contributed by atoms with Crippen LogP contribution in [0.3, 0.4) is 0 Å². The van der Waals surface area contributed by atoms with Crippen molar-refractivity contribution in [2.24, 2.45) is 17.8 Å². The molecule has 3 aliphatic rings. The van der Waals surface area contributed by atoms with Gasteiger partial charge in [0.1, 0.15) is 0 Å². The summed E-state index contributed by atoms with van der Waals surface area (Å²) in [6, 6.07) is 0. The van der Waals surface area contributed by atoms with Crippen LogP contribution in [0.5, 0.6) is 0 Å². The molecular formula is C17H26O4. The molecule has 3 fully saturated rings. The molecule has 2 N–H and O–H groups in total. The fraction of sp³-hybridized carbons (Fsp3) is 0.882. The van der Waals surface area contributed by atoms with Crippen molar-refractivity contribution in [3.8, 4) is 11.8 Å². The van der Waals surface area contributed by atoms with Gasteiger partial charge in [0.25, 0.3) is 0 Å². The quantitative estimate of drug-likeness (QED) is 0.598. The van der Waals surface area contributed by atoms with Gasteiger partial charge in [-0.15, -0.1) is 5.92 Å². The van der Waals surface area contributed by atoms with Crippen molar-refractivity contribution >= 4 is 0 Å². The molecule has 0 bridgehead atoms. The zero-order chi connectivity index (χ0) is 14.7. The molecule has 21 heavy (non-hydrogen) atoms. The molecule has 3 rings (SSSR count). The molecule has 4 atom stereocenters. The molecule has 4 heteroatoms. The topological polar surface area (TPSA) is 58.9 Å². The Hall–Kier alpha value is -0.600. The number of hydrogen-bond donors (Lipinski definition) is 2. The molecule has 2 saturated carbocycles. The van der Waals surface area contributed by atoms with Crippen LogP contribution in [0.1, 0.15) is 44.9 Å². The monoisotopic (exact) mass is 294 g/mol. The first-order valence-corrected chi connectivity index (χ1v) is 8.32. The van der Waals surface area contributed by atoms with Gasteiger partial charge in [0.15, 0.2) is 5.79 Å². The number of ether oxygens (including phenoxy) is 2. The number of aliphatic hydroxyl groups is 2. The molecule has 0 aromatic heterocycles. The van der Waals surface area contributed by atoms with Gasteiger partial charge in [0, 0.05) is 31.3 Å². The van der Waals surface area contributed by atoms with E-state index in [1.165, 1.54) is 0 Å². The minimum atomic E-state index is -0.383. The lowest BCUT2D eigenvalue weighted by atomic mass is 9.69. The van der Waals surface area contributed by atoms with Crippen LogP contribution >= 0.6 is 0 Å². The zero-order valence-electron chi connectivity index (χ0n) is 12.6. The second-order valence-corrected chi connectivity index (χ2v) is 6.52. The average Bonchev–Trinajstić information content (AvgIpc) is 3.05. The van der Waals surface area contributed by atoms with E-state index >= 15 is 0 Å². The van der Waals surface area contributed by atoms with Crippen molar-refractivity contribution in [2.45, 2.75) is 56.8 Å². The highest BCUT2D eigenvalue weighted by molar-refractivity contribution is 5.17. The Labute approximate surface area is 126 Å². The second-order valence-electron chi connectivity index (χ2n) is 6.52. The van der Waals surface area contributed by atoms with Crippen LogP contribution in [0.15, 0.2) is 0 Å². The predicted octanol–water partition coefficient (Wildman–Crippen LogP) is 1.69.